The van der Waals surface area contributed by atoms with Crippen molar-refractivity contribution in [2.75, 3.05) is 6.61 Å². The van der Waals surface area contributed by atoms with Crippen molar-refractivity contribution < 1.29 is 14.3 Å². The summed E-state index contributed by atoms with van der Waals surface area (Å²) in [6.45, 7) is 10.2. The Balaban J connectivity index is 2.51. The van der Waals surface area contributed by atoms with Crippen molar-refractivity contribution in [3.05, 3.63) is 35.6 Å². The minimum Gasteiger partial charge on any atom is -0.489 e. The van der Waals surface area contributed by atoms with Crippen LogP contribution in [0.25, 0.3) is 0 Å². The Kier molecular flexibility index (Phi) is 6.40. The third-order valence-electron chi connectivity index (χ3n) is 3.13. The zero-order chi connectivity index (χ0) is 14.3. The zero-order valence-electron chi connectivity index (χ0n) is 12.2. The molecule has 0 radical (unpaired) electrons. The third-order valence-corrected chi connectivity index (χ3v) is 3.13. The number of allylic oxidation sites excluding steroid dienone is 2. The maximum absolute atomic E-state index is 11.7. The van der Waals surface area contributed by atoms with Gasteiger partial charge in [-0.25, -0.2) is 4.79 Å². The predicted molar refractivity (Wildman–Crippen MR) is 76.6 cm³/mol. The number of rotatable bonds is 7. The van der Waals surface area contributed by atoms with E-state index in [1.165, 1.54) is 12.8 Å². The topological polar surface area (TPSA) is 35.5 Å². The van der Waals surface area contributed by atoms with Gasteiger partial charge in [-0.1, -0.05) is 38.5 Å². The molecule has 0 amide bonds. The molecule has 0 saturated carbocycles. The van der Waals surface area contributed by atoms with E-state index in [0.717, 1.165) is 12.0 Å². The first kappa shape index (κ1) is 15.5. The van der Waals surface area contributed by atoms with E-state index in [2.05, 4.69) is 19.6 Å². The van der Waals surface area contributed by atoms with E-state index in [-0.39, 0.29) is 12.1 Å². The van der Waals surface area contributed by atoms with E-state index < -0.39 is 0 Å². The molecule has 0 aliphatic carbocycles. The highest BCUT2D eigenvalue weighted by Gasteiger charge is 2.29. The maximum Gasteiger partial charge on any atom is 0.337 e. The quantitative estimate of drug-likeness (QED) is 0.397. The molecule has 106 valence electrons. The number of unbranched alkanes of at least 4 members (excludes halogenated alkanes) is 2. The summed E-state index contributed by atoms with van der Waals surface area (Å²) in [4.78, 5) is 11.7. The first-order valence-electron chi connectivity index (χ1n) is 6.99. The smallest absolute Gasteiger partial charge is 0.337 e. The van der Waals surface area contributed by atoms with E-state index in [0.29, 0.717) is 24.4 Å². The molecule has 3 heteroatoms. The Morgan fingerprint density at radius 1 is 1.53 bits per heavy atom. The molecule has 0 bridgehead atoms. The van der Waals surface area contributed by atoms with Gasteiger partial charge in [0, 0.05) is 6.42 Å². The van der Waals surface area contributed by atoms with Gasteiger partial charge in [0.05, 0.1) is 12.2 Å². The average Bonchev–Trinajstić information content (AvgIpc) is 2.77. The van der Waals surface area contributed by atoms with Crippen molar-refractivity contribution in [2.45, 2.75) is 52.6 Å². The molecule has 0 N–H and O–H groups in total. The molecule has 1 aliphatic heterocycles. The summed E-state index contributed by atoms with van der Waals surface area (Å²) in [5.41, 5.74) is 1.55. The molecular weight excluding hydrogens is 240 g/mol. The molecule has 0 fully saturated rings. The van der Waals surface area contributed by atoms with Crippen LogP contribution in [-0.4, -0.2) is 18.7 Å². The molecule has 19 heavy (non-hydrogen) atoms. The molecule has 3 nitrogen and oxygen atoms in total. The fourth-order valence-electron chi connectivity index (χ4n) is 1.97. The summed E-state index contributed by atoms with van der Waals surface area (Å²) in [7, 11) is 0. The molecule has 0 spiro atoms. The number of esters is 1. The molecule has 1 atom stereocenters. The lowest BCUT2D eigenvalue weighted by Crippen LogP contribution is -2.11. The predicted octanol–water partition coefficient (Wildman–Crippen LogP) is 3.92. The normalized spacial score (nSPS) is 18.8. The highest BCUT2D eigenvalue weighted by atomic mass is 16.5. The van der Waals surface area contributed by atoms with Gasteiger partial charge in [-0.15, -0.1) is 0 Å². The van der Waals surface area contributed by atoms with Crippen molar-refractivity contribution in [2.24, 2.45) is 0 Å². The second kappa shape index (κ2) is 7.82. The zero-order valence-corrected chi connectivity index (χ0v) is 12.2. The second-order valence-electron chi connectivity index (χ2n) is 4.69. The number of ether oxygens (including phenoxy) is 2. The van der Waals surface area contributed by atoms with Crippen LogP contribution in [0.5, 0.6) is 0 Å². The fraction of sp³-hybridized carbons (Fsp3) is 0.562. The molecular formula is C16H24O3. The minimum absolute atomic E-state index is 0.128. The lowest BCUT2D eigenvalue weighted by atomic mass is 10.0. The van der Waals surface area contributed by atoms with E-state index in [4.69, 9.17) is 9.47 Å². The molecule has 1 aliphatic rings. The van der Waals surface area contributed by atoms with Gasteiger partial charge in [-0.3, -0.25) is 0 Å². The van der Waals surface area contributed by atoms with Crippen LogP contribution < -0.4 is 0 Å². The van der Waals surface area contributed by atoms with Gasteiger partial charge in [0.2, 0.25) is 0 Å². The monoisotopic (exact) mass is 264 g/mol. The van der Waals surface area contributed by atoms with Gasteiger partial charge >= 0.3 is 5.97 Å². The summed E-state index contributed by atoms with van der Waals surface area (Å²) < 4.78 is 10.7. The summed E-state index contributed by atoms with van der Waals surface area (Å²) in [6.07, 6.45) is 7.97. The summed E-state index contributed by atoms with van der Waals surface area (Å²) in [5, 5.41) is 0. The number of carbonyl (C=O) groups is 1. The van der Waals surface area contributed by atoms with Crippen LogP contribution in [0.15, 0.2) is 35.6 Å². The van der Waals surface area contributed by atoms with E-state index in [1.807, 2.05) is 6.08 Å². The van der Waals surface area contributed by atoms with Crippen LogP contribution in [0.2, 0.25) is 0 Å². The Hall–Kier alpha value is -1.51. The van der Waals surface area contributed by atoms with Gasteiger partial charge < -0.3 is 9.47 Å². The molecule has 0 aromatic heterocycles. The molecule has 0 saturated heterocycles. The molecule has 0 aromatic carbocycles. The van der Waals surface area contributed by atoms with Crippen molar-refractivity contribution in [1.82, 2.24) is 0 Å². The standard InChI is InChI=1S/C16H24O3/c1-5-7-8-9-10-12(3)15-11-14(13(4)19-15)16(17)18-6-2/h9-10,15H,3,5-8,11H2,1-2,4H3/b10-9+. The first-order chi connectivity index (χ1) is 9.10. The van der Waals surface area contributed by atoms with Crippen molar-refractivity contribution >= 4 is 5.97 Å². The second-order valence-corrected chi connectivity index (χ2v) is 4.69. The van der Waals surface area contributed by atoms with Crippen molar-refractivity contribution in [3.63, 3.8) is 0 Å². The Morgan fingerprint density at radius 2 is 2.26 bits per heavy atom. The third kappa shape index (κ3) is 4.58. The van der Waals surface area contributed by atoms with Gasteiger partial charge in [0.1, 0.15) is 11.9 Å². The van der Waals surface area contributed by atoms with E-state index in [9.17, 15) is 4.79 Å². The van der Waals surface area contributed by atoms with Crippen LogP contribution in [-0.2, 0) is 14.3 Å². The lowest BCUT2D eigenvalue weighted by Gasteiger charge is -2.11. The Morgan fingerprint density at radius 3 is 2.89 bits per heavy atom. The molecule has 1 heterocycles. The number of hydrogen-bond donors (Lipinski definition) is 0. The van der Waals surface area contributed by atoms with E-state index >= 15 is 0 Å². The molecule has 1 rings (SSSR count). The van der Waals surface area contributed by atoms with Crippen LogP contribution in [0, 0.1) is 0 Å². The Bertz CT molecular complexity index is 391. The van der Waals surface area contributed by atoms with Crippen LogP contribution in [0.4, 0.5) is 0 Å². The van der Waals surface area contributed by atoms with Crippen molar-refractivity contribution in [1.29, 1.82) is 0 Å². The average molecular weight is 264 g/mol. The Labute approximate surface area is 116 Å². The van der Waals surface area contributed by atoms with Gasteiger partial charge in [0.25, 0.3) is 0 Å². The minimum atomic E-state index is -0.273. The fourth-order valence-corrected chi connectivity index (χ4v) is 1.97. The van der Waals surface area contributed by atoms with Crippen LogP contribution >= 0.6 is 0 Å². The van der Waals surface area contributed by atoms with Gasteiger partial charge in [0.15, 0.2) is 0 Å². The summed E-state index contributed by atoms with van der Waals surface area (Å²) in [6, 6.07) is 0. The van der Waals surface area contributed by atoms with Crippen LogP contribution in [0.1, 0.15) is 46.5 Å². The summed E-state index contributed by atoms with van der Waals surface area (Å²) in [5.74, 6) is 0.386. The highest BCUT2D eigenvalue weighted by Crippen LogP contribution is 2.29. The lowest BCUT2D eigenvalue weighted by molar-refractivity contribution is -0.138. The largest absolute Gasteiger partial charge is 0.489 e. The van der Waals surface area contributed by atoms with Gasteiger partial charge in [-0.05, 0) is 25.8 Å². The maximum atomic E-state index is 11.7. The van der Waals surface area contributed by atoms with E-state index in [1.54, 1.807) is 13.8 Å². The highest BCUT2D eigenvalue weighted by molar-refractivity contribution is 5.89. The summed E-state index contributed by atoms with van der Waals surface area (Å²) >= 11 is 0. The molecule has 0 aromatic rings. The van der Waals surface area contributed by atoms with Crippen LogP contribution in [0.3, 0.4) is 0 Å². The van der Waals surface area contributed by atoms with Crippen molar-refractivity contribution in [3.8, 4) is 0 Å². The SMILES string of the molecule is C=C(/C=C/CCCC)C1CC(C(=O)OCC)=C(C)O1. The first-order valence-corrected chi connectivity index (χ1v) is 6.99. The number of hydrogen-bond acceptors (Lipinski definition) is 3. The molecule has 1 unspecified atom stereocenters. The van der Waals surface area contributed by atoms with Gasteiger partial charge in [-0.2, -0.15) is 0 Å². The number of carbonyl (C=O) groups excluding carboxylic acids is 1.